The highest BCUT2D eigenvalue weighted by Gasteiger charge is 2.09. The number of hydrogen-bond donors (Lipinski definition) is 1. The topological polar surface area (TPSA) is 44.5 Å². The molecule has 17 heavy (non-hydrogen) atoms. The second kappa shape index (κ2) is 6.03. The van der Waals surface area contributed by atoms with Crippen LogP contribution in [-0.4, -0.2) is 18.8 Å². The van der Waals surface area contributed by atoms with E-state index in [2.05, 4.69) is 0 Å². The van der Waals surface area contributed by atoms with Crippen LogP contribution in [0.3, 0.4) is 0 Å². The molecule has 0 aliphatic rings. The molecule has 0 bridgehead atoms. The molecule has 2 N–H and O–H groups in total. The zero-order valence-corrected chi connectivity index (χ0v) is 11.2. The summed E-state index contributed by atoms with van der Waals surface area (Å²) in [4.78, 5) is 0. The quantitative estimate of drug-likeness (QED) is 0.801. The maximum atomic E-state index is 5.81. The smallest absolute Gasteiger partial charge is 0.119 e. The van der Waals surface area contributed by atoms with Gasteiger partial charge in [0.1, 0.15) is 12.4 Å². The van der Waals surface area contributed by atoms with E-state index in [1.165, 1.54) is 0 Å². The molecule has 0 saturated heterocycles. The molecule has 1 atom stereocenters. The summed E-state index contributed by atoms with van der Waals surface area (Å²) in [6, 6.07) is 7.90. The first-order valence-corrected chi connectivity index (χ1v) is 6.01. The number of ether oxygens (including phenoxy) is 2. The van der Waals surface area contributed by atoms with Gasteiger partial charge in [0.15, 0.2) is 0 Å². The molecule has 0 heterocycles. The van der Waals surface area contributed by atoms with Crippen molar-refractivity contribution in [2.75, 3.05) is 13.2 Å². The maximum Gasteiger partial charge on any atom is 0.119 e. The van der Waals surface area contributed by atoms with E-state index >= 15 is 0 Å². The van der Waals surface area contributed by atoms with Crippen LogP contribution in [0.5, 0.6) is 5.75 Å². The molecule has 1 aromatic carbocycles. The predicted molar refractivity (Wildman–Crippen MR) is 70.2 cm³/mol. The van der Waals surface area contributed by atoms with Crippen LogP contribution in [0.4, 0.5) is 0 Å². The number of nitrogens with two attached hydrogens (primary N) is 1. The summed E-state index contributed by atoms with van der Waals surface area (Å²) in [6.45, 7) is 9.20. The lowest BCUT2D eigenvalue weighted by molar-refractivity contribution is -0.0163. The third-order valence-corrected chi connectivity index (χ3v) is 2.27. The van der Waals surface area contributed by atoms with Crippen molar-refractivity contribution in [3.63, 3.8) is 0 Å². The van der Waals surface area contributed by atoms with Gasteiger partial charge in [-0.05, 0) is 45.4 Å². The van der Waals surface area contributed by atoms with Gasteiger partial charge in [-0.15, -0.1) is 0 Å². The largest absolute Gasteiger partial charge is 0.491 e. The maximum absolute atomic E-state index is 5.81. The molecule has 0 unspecified atom stereocenters. The Kier molecular flexibility index (Phi) is 4.97. The van der Waals surface area contributed by atoms with Crippen molar-refractivity contribution >= 4 is 0 Å². The van der Waals surface area contributed by atoms with Crippen LogP contribution in [0.25, 0.3) is 0 Å². The minimum Gasteiger partial charge on any atom is -0.491 e. The van der Waals surface area contributed by atoms with Gasteiger partial charge in [-0.1, -0.05) is 12.1 Å². The molecule has 0 saturated carbocycles. The normalized spacial score (nSPS) is 13.5. The first-order valence-electron chi connectivity index (χ1n) is 6.01. The van der Waals surface area contributed by atoms with Crippen LogP contribution in [0.15, 0.2) is 24.3 Å². The van der Waals surface area contributed by atoms with Gasteiger partial charge < -0.3 is 15.2 Å². The SMILES string of the molecule is C[C@H](N)c1cccc(OCCOC(C)(C)C)c1. The van der Waals surface area contributed by atoms with Crippen molar-refractivity contribution in [2.24, 2.45) is 5.73 Å². The summed E-state index contributed by atoms with van der Waals surface area (Å²) in [5, 5.41) is 0. The van der Waals surface area contributed by atoms with Crippen LogP contribution < -0.4 is 10.5 Å². The van der Waals surface area contributed by atoms with Crippen molar-refractivity contribution in [1.82, 2.24) is 0 Å². The van der Waals surface area contributed by atoms with Crippen LogP contribution in [0.1, 0.15) is 39.3 Å². The number of hydrogen-bond acceptors (Lipinski definition) is 3. The van der Waals surface area contributed by atoms with Gasteiger partial charge in [0.05, 0.1) is 12.2 Å². The van der Waals surface area contributed by atoms with Crippen molar-refractivity contribution in [2.45, 2.75) is 39.3 Å². The third kappa shape index (κ3) is 5.71. The second-order valence-corrected chi connectivity index (χ2v) is 5.17. The van der Waals surface area contributed by atoms with E-state index in [0.717, 1.165) is 11.3 Å². The van der Waals surface area contributed by atoms with Crippen molar-refractivity contribution in [3.8, 4) is 5.75 Å². The fourth-order valence-corrected chi connectivity index (χ4v) is 1.39. The molecule has 1 aromatic rings. The monoisotopic (exact) mass is 237 g/mol. The second-order valence-electron chi connectivity index (χ2n) is 5.17. The highest BCUT2D eigenvalue weighted by atomic mass is 16.5. The minimum absolute atomic E-state index is 0.0318. The summed E-state index contributed by atoms with van der Waals surface area (Å²) in [5.74, 6) is 0.845. The molecule has 0 fully saturated rings. The van der Waals surface area contributed by atoms with E-state index in [4.69, 9.17) is 15.2 Å². The van der Waals surface area contributed by atoms with Gasteiger partial charge >= 0.3 is 0 Å². The molecule has 3 heteroatoms. The van der Waals surface area contributed by atoms with Crippen LogP contribution >= 0.6 is 0 Å². The molecule has 0 aliphatic carbocycles. The average molecular weight is 237 g/mol. The summed E-state index contributed by atoms with van der Waals surface area (Å²) in [7, 11) is 0. The standard InChI is InChI=1S/C14H23NO2/c1-11(15)12-6-5-7-13(10-12)16-8-9-17-14(2,3)4/h5-7,10-11H,8-9,15H2,1-4H3/t11-/m0/s1. The molecule has 96 valence electrons. The van der Waals surface area contributed by atoms with Gasteiger partial charge in [0.2, 0.25) is 0 Å². The third-order valence-electron chi connectivity index (χ3n) is 2.27. The van der Waals surface area contributed by atoms with E-state index in [1.54, 1.807) is 0 Å². The lowest BCUT2D eigenvalue weighted by Crippen LogP contribution is -2.22. The summed E-state index contributed by atoms with van der Waals surface area (Å²) in [5.41, 5.74) is 6.78. The Labute approximate surface area is 104 Å². The summed E-state index contributed by atoms with van der Waals surface area (Å²) < 4.78 is 11.2. The average Bonchev–Trinajstić information content (AvgIpc) is 2.23. The van der Waals surface area contributed by atoms with Gasteiger partial charge in [-0.2, -0.15) is 0 Å². The zero-order valence-electron chi connectivity index (χ0n) is 11.2. The fourth-order valence-electron chi connectivity index (χ4n) is 1.39. The molecule has 3 nitrogen and oxygen atoms in total. The van der Waals surface area contributed by atoms with Crippen molar-refractivity contribution in [3.05, 3.63) is 29.8 Å². The molecule has 0 aromatic heterocycles. The lowest BCUT2D eigenvalue weighted by atomic mass is 10.1. The Hall–Kier alpha value is -1.06. The predicted octanol–water partition coefficient (Wildman–Crippen LogP) is 2.90. The van der Waals surface area contributed by atoms with E-state index in [0.29, 0.717) is 13.2 Å². The Morgan fingerprint density at radius 2 is 1.94 bits per heavy atom. The van der Waals surface area contributed by atoms with Crippen LogP contribution in [0.2, 0.25) is 0 Å². The molecule has 0 radical (unpaired) electrons. The highest BCUT2D eigenvalue weighted by molar-refractivity contribution is 5.30. The number of benzene rings is 1. The van der Waals surface area contributed by atoms with Gasteiger partial charge in [-0.25, -0.2) is 0 Å². The van der Waals surface area contributed by atoms with Crippen molar-refractivity contribution in [1.29, 1.82) is 0 Å². The molecule has 0 amide bonds. The lowest BCUT2D eigenvalue weighted by Gasteiger charge is -2.19. The first-order chi connectivity index (χ1) is 7.88. The highest BCUT2D eigenvalue weighted by Crippen LogP contribution is 2.17. The van der Waals surface area contributed by atoms with E-state index in [1.807, 2.05) is 52.0 Å². The fraction of sp³-hybridized carbons (Fsp3) is 0.571. The van der Waals surface area contributed by atoms with Crippen LogP contribution in [-0.2, 0) is 4.74 Å². The van der Waals surface area contributed by atoms with Crippen molar-refractivity contribution < 1.29 is 9.47 Å². The Bertz CT molecular complexity index is 342. The Morgan fingerprint density at radius 1 is 1.24 bits per heavy atom. The zero-order chi connectivity index (χ0) is 12.9. The Morgan fingerprint density at radius 3 is 2.53 bits per heavy atom. The molecule has 0 spiro atoms. The molecule has 1 rings (SSSR count). The van der Waals surface area contributed by atoms with E-state index in [9.17, 15) is 0 Å². The summed E-state index contributed by atoms with van der Waals surface area (Å²) >= 11 is 0. The summed E-state index contributed by atoms with van der Waals surface area (Å²) in [6.07, 6.45) is 0. The van der Waals surface area contributed by atoms with E-state index < -0.39 is 0 Å². The molecule has 0 aliphatic heterocycles. The van der Waals surface area contributed by atoms with Gasteiger partial charge in [0, 0.05) is 6.04 Å². The minimum atomic E-state index is -0.114. The molecular weight excluding hydrogens is 214 g/mol. The Balaban J connectivity index is 2.39. The number of rotatable bonds is 5. The first kappa shape index (κ1) is 14.0. The van der Waals surface area contributed by atoms with Gasteiger partial charge in [-0.3, -0.25) is 0 Å². The van der Waals surface area contributed by atoms with Crippen LogP contribution in [0, 0.1) is 0 Å². The van der Waals surface area contributed by atoms with Gasteiger partial charge in [0.25, 0.3) is 0 Å². The van der Waals surface area contributed by atoms with E-state index in [-0.39, 0.29) is 11.6 Å². The molecular formula is C14H23NO2.